The largest absolute Gasteiger partial charge is 0.396 e. The average molecular weight is 209 g/mol. The number of ether oxygens (including phenoxy) is 1. The Balaban J connectivity index is 2.83. The topological polar surface area (TPSA) is 60.2 Å². The van der Waals surface area contributed by atoms with Gasteiger partial charge in [0.1, 0.15) is 5.82 Å². The van der Waals surface area contributed by atoms with Crippen molar-refractivity contribution in [2.45, 2.75) is 26.3 Å². The van der Waals surface area contributed by atoms with Gasteiger partial charge < -0.3 is 15.8 Å². The number of anilines is 2. The molecule has 0 aliphatic heterocycles. The van der Waals surface area contributed by atoms with Gasteiger partial charge in [-0.15, -0.1) is 0 Å². The second-order valence-electron chi connectivity index (χ2n) is 4.33. The Morgan fingerprint density at radius 2 is 2.13 bits per heavy atom. The first-order valence-corrected chi connectivity index (χ1v) is 4.95. The molecule has 15 heavy (non-hydrogen) atoms. The van der Waals surface area contributed by atoms with Gasteiger partial charge >= 0.3 is 0 Å². The number of nitrogen functional groups attached to an aromatic ring is 1. The molecule has 0 radical (unpaired) electrons. The molecular formula is C11H19N3O. The van der Waals surface area contributed by atoms with Crippen molar-refractivity contribution >= 4 is 11.5 Å². The minimum absolute atomic E-state index is 0.177. The lowest BCUT2D eigenvalue weighted by atomic mass is 10.1. The van der Waals surface area contributed by atoms with Crippen LogP contribution in [0.4, 0.5) is 11.5 Å². The number of nitrogens with two attached hydrogens (primary N) is 1. The molecule has 4 heteroatoms. The molecule has 0 unspecified atom stereocenters. The van der Waals surface area contributed by atoms with Gasteiger partial charge in [0.25, 0.3) is 0 Å². The Morgan fingerprint density at radius 3 is 2.73 bits per heavy atom. The standard InChI is InChI=1S/C11H19N3O/c1-8-5-6-9(12)10(13-8)14-11(2,3)7-15-4/h5-6H,7,12H2,1-4H3,(H,13,14). The van der Waals surface area contributed by atoms with Gasteiger partial charge in [-0.3, -0.25) is 0 Å². The lowest BCUT2D eigenvalue weighted by molar-refractivity contribution is 0.158. The maximum atomic E-state index is 5.83. The molecule has 1 aromatic rings. The molecule has 0 fully saturated rings. The van der Waals surface area contributed by atoms with E-state index in [1.165, 1.54) is 0 Å². The summed E-state index contributed by atoms with van der Waals surface area (Å²) in [6, 6.07) is 3.75. The van der Waals surface area contributed by atoms with Crippen LogP contribution in [0, 0.1) is 6.92 Å². The lowest BCUT2D eigenvalue weighted by Crippen LogP contribution is -2.36. The maximum Gasteiger partial charge on any atom is 0.149 e. The van der Waals surface area contributed by atoms with Gasteiger partial charge in [0.05, 0.1) is 17.8 Å². The molecule has 0 bridgehead atoms. The summed E-state index contributed by atoms with van der Waals surface area (Å²) in [5.41, 5.74) is 7.25. The third-order valence-corrected chi connectivity index (χ3v) is 2.03. The van der Waals surface area contributed by atoms with E-state index in [4.69, 9.17) is 10.5 Å². The molecule has 0 aliphatic carbocycles. The van der Waals surface area contributed by atoms with Crippen LogP contribution in [0.25, 0.3) is 0 Å². The fourth-order valence-electron chi connectivity index (χ4n) is 1.39. The Kier molecular flexibility index (Phi) is 3.52. The molecule has 3 N–H and O–H groups in total. The molecule has 0 aromatic carbocycles. The molecule has 0 amide bonds. The highest BCUT2D eigenvalue weighted by Crippen LogP contribution is 2.20. The van der Waals surface area contributed by atoms with Crippen LogP contribution in [-0.4, -0.2) is 24.2 Å². The smallest absolute Gasteiger partial charge is 0.149 e. The van der Waals surface area contributed by atoms with Gasteiger partial charge in [-0.2, -0.15) is 0 Å². The second kappa shape index (κ2) is 4.49. The van der Waals surface area contributed by atoms with Crippen molar-refractivity contribution in [3.05, 3.63) is 17.8 Å². The molecule has 0 saturated carbocycles. The Hall–Kier alpha value is -1.29. The van der Waals surface area contributed by atoms with Crippen LogP contribution in [0.15, 0.2) is 12.1 Å². The number of hydrogen-bond acceptors (Lipinski definition) is 4. The molecule has 84 valence electrons. The van der Waals surface area contributed by atoms with Crippen molar-refractivity contribution in [2.24, 2.45) is 0 Å². The Labute approximate surface area is 90.8 Å². The molecule has 1 rings (SSSR count). The highest BCUT2D eigenvalue weighted by molar-refractivity contribution is 5.62. The average Bonchev–Trinajstić information content (AvgIpc) is 2.10. The number of hydrogen-bond donors (Lipinski definition) is 2. The van der Waals surface area contributed by atoms with Gasteiger partial charge in [0.2, 0.25) is 0 Å². The summed E-state index contributed by atoms with van der Waals surface area (Å²) >= 11 is 0. The van der Waals surface area contributed by atoms with Crippen LogP contribution in [0.5, 0.6) is 0 Å². The molecule has 1 heterocycles. The quantitative estimate of drug-likeness (QED) is 0.794. The SMILES string of the molecule is COCC(C)(C)Nc1nc(C)ccc1N. The summed E-state index contributed by atoms with van der Waals surface area (Å²) in [5.74, 6) is 0.719. The first-order chi connectivity index (χ1) is 6.94. The van der Waals surface area contributed by atoms with Crippen molar-refractivity contribution in [2.75, 3.05) is 24.8 Å². The first kappa shape index (κ1) is 11.8. The Bertz CT molecular complexity index is 337. The predicted molar refractivity (Wildman–Crippen MR) is 63.0 cm³/mol. The third kappa shape index (κ3) is 3.40. The number of aryl methyl sites for hydroxylation is 1. The predicted octanol–water partition coefficient (Wildman–Crippen LogP) is 1.81. The number of methoxy groups -OCH3 is 1. The van der Waals surface area contributed by atoms with Crippen molar-refractivity contribution < 1.29 is 4.74 Å². The van der Waals surface area contributed by atoms with E-state index in [0.717, 1.165) is 11.5 Å². The van der Waals surface area contributed by atoms with E-state index >= 15 is 0 Å². The molecule has 0 atom stereocenters. The van der Waals surface area contributed by atoms with Crippen LogP contribution in [0.3, 0.4) is 0 Å². The summed E-state index contributed by atoms with van der Waals surface area (Å²) in [6.45, 7) is 6.62. The van der Waals surface area contributed by atoms with Crippen LogP contribution in [-0.2, 0) is 4.74 Å². The molecule has 0 aliphatic rings. The number of aromatic nitrogens is 1. The van der Waals surface area contributed by atoms with E-state index in [9.17, 15) is 0 Å². The number of rotatable bonds is 4. The summed E-state index contributed by atoms with van der Waals surface area (Å²) in [6.07, 6.45) is 0. The minimum atomic E-state index is -0.177. The zero-order valence-electron chi connectivity index (χ0n) is 9.79. The number of nitrogens with zero attached hydrogens (tertiary/aromatic N) is 1. The monoisotopic (exact) mass is 209 g/mol. The van der Waals surface area contributed by atoms with Gasteiger partial charge in [-0.1, -0.05) is 0 Å². The summed E-state index contributed by atoms with van der Waals surface area (Å²) in [4.78, 5) is 4.35. The van der Waals surface area contributed by atoms with Crippen molar-refractivity contribution in [1.29, 1.82) is 0 Å². The van der Waals surface area contributed by atoms with Crippen LogP contribution in [0.1, 0.15) is 19.5 Å². The second-order valence-corrected chi connectivity index (χ2v) is 4.33. The van der Waals surface area contributed by atoms with Crippen molar-refractivity contribution in [1.82, 2.24) is 4.98 Å². The number of nitrogens with one attached hydrogen (secondary N) is 1. The summed E-state index contributed by atoms with van der Waals surface area (Å²) in [5, 5.41) is 3.27. The van der Waals surface area contributed by atoms with Gasteiger partial charge in [-0.25, -0.2) is 4.98 Å². The maximum absolute atomic E-state index is 5.83. The summed E-state index contributed by atoms with van der Waals surface area (Å²) in [7, 11) is 1.68. The molecule has 0 saturated heterocycles. The normalized spacial score (nSPS) is 11.5. The highest BCUT2D eigenvalue weighted by Gasteiger charge is 2.18. The molecule has 1 aromatic heterocycles. The van der Waals surface area contributed by atoms with Crippen LogP contribution in [0.2, 0.25) is 0 Å². The van der Waals surface area contributed by atoms with Gasteiger partial charge in [-0.05, 0) is 32.9 Å². The number of pyridine rings is 1. The van der Waals surface area contributed by atoms with Crippen molar-refractivity contribution in [3.8, 4) is 0 Å². The van der Waals surface area contributed by atoms with E-state index in [-0.39, 0.29) is 5.54 Å². The molecular weight excluding hydrogens is 190 g/mol. The van der Waals surface area contributed by atoms with E-state index in [1.807, 2.05) is 32.9 Å². The van der Waals surface area contributed by atoms with Gasteiger partial charge in [0, 0.05) is 12.8 Å². The fourth-order valence-corrected chi connectivity index (χ4v) is 1.39. The third-order valence-electron chi connectivity index (χ3n) is 2.03. The fraction of sp³-hybridized carbons (Fsp3) is 0.545. The molecule has 4 nitrogen and oxygen atoms in total. The van der Waals surface area contributed by atoms with Crippen LogP contribution < -0.4 is 11.1 Å². The Morgan fingerprint density at radius 1 is 1.47 bits per heavy atom. The van der Waals surface area contributed by atoms with E-state index in [1.54, 1.807) is 7.11 Å². The zero-order chi connectivity index (χ0) is 11.5. The van der Waals surface area contributed by atoms with E-state index in [0.29, 0.717) is 12.3 Å². The highest BCUT2D eigenvalue weighted by atomic mass is 16.5. The molecule has 0 spiro atoms. The lowest BCUT2D eigenvalue weighted by Gasteiger charge is -2.26. The minimum Gasteiger partial charge on any atom is -0.396 e. The van der Waals surface area contributed by atoms with E-state index < -0.39 is 0 Å². The summed E-state index contributed by atoms with van der Waals surface area (Å²) < 4.78 is 5.12. The van der Waals surface area contributed by atoms with Crippen molar-refractivity contribution in [3.63, 3.8) is 0 Å². The van der Waals surface area contributed by atoms with E-state index in [2.05, 4.69) is 10.3 Å². The van der Waals surface area contributed by atoms with Crippen LogP contribution >= 0.6 is 0 Å². The zero-order valence-corrected chi connectivity index (χ0v) is 9.79. The first-order valence-electron chi connectivity index (χ1n) is 4.95. The van der Waals surface area contributed by atoms with Gasteiger partial charge in [0.15, 0.2) is 0 Å².